The molecule has 0 aliphatic rings. The van der Waals surface area contributed by atoms with Crippen LogP contribution >= 0.6 is 0 Å². The first kappa shape index (κ1) is 22.7. The summed E-state index contributed by atoms with van der Waals surface area (Å²) in [5.41, 5.74) is 1.01. The van der Waals surface area contributed by atoms with Crippen LogP contribution < -0.4 is 10.3 Å². The highest BCUT2D eigenvalue weighted by molar-refractivity contribution is 7.86. The first-order chi connectivity index (χ1) is 14.7. The molecule has 0 radical (unpaired) electrons. The standard InChI is InChI=1S/C21H24N2O7S/c1-13-4-6-16(7-5-13)31(26,27)30-14(2)12-28-8-9-29-20-11-18-17(10-19(20)24)21(25)23-15(3)22-18/h4-7,10-11,14,24H,8-9,12H2,1-3H3,(H,22,23,25)/t14-/m0/s1. The van der Waals surface area contributed by atoms with E-state index >= 15 is 0 Å². The third-order valence-corrected chi connectivity index (χ3v) is 5.77. The Bertz CT molecular complexity index is 1220. The molecule has 0 saturated carbocycles. The molecule has 3 rings (SSSR count). The van der Waals surface area contributed by atoms with E-state index in [1.807, 2.05) is 6.92 Å². The van der Waals surface area contributed by atoms with Gasteiger partial charge in [0.2, 0.25) is 0 Å². The fourth-order valence-corrected chi connectivity index (χ4v) is 3.92. The van der Waals surface area contributed by atoms with Gasteiger partial charge in [-0.05, 0) is 39.0 Å². The highest BCUT2D eigenvalue weighted by atomic mass is 32.2. The van der Waals surface area contributed by atoms with E-state index in [2.05, 4.69) is 9.97 Å². The number of benzene rings is 2. The van der Waals surface area contributed by atoms with Gasteiger partial charge in [0.1, 0.15) is 12.4 Å². The molecule has 0 aliphatic heterocycles. The monoisotopic (exact) mass is 448 g/mol. The molecule has 0 fully saturated rings. The van der Waals surface area contributed by atoms with Crippen molar-refractivity contribution in [3.8, 4) is 11.5 Å². The van der Waals surface area contributed by atoms with Crippen LogP contribution in [0.15, 0.2) is 46.1 Å². The van der Waals surface area contributed by atoms with Gasteiger partial charge in [0.25, 0.3) is 15.7 Å². The maximum absolute atomic E-state index is 12.3. The van der Waals surface area contributed by atoms with E-state index in [1.54, 1.807) is 26.0 Å². The van der Waals surface area contributed by atoms with Crippen LogP contribution in [0.3, 0.4) is 0 Å². The number of phenolic OH excluding ortho intramolecular Hbond substituents is 1. The van der Waals surface area contributed by atoms with Crippen LogP contribution in [-0.4, -0.2) is 49.4 Å². The molecule has 1 atom stereocenters. The molecule has 10 heteroatoms. The Kier molecular flexibility index (Phi) is 6.94. The quantitative estimate of drug-likeness (QED) is 0.377. The number of hydrogen-bond acceptors (Lipinski definition) is 8. The number of rotatable bonds is 9. The van der Waals surface area contributed by atoms with Crippen molar-refractivity contribution in [3.05, 3.63) is 58.1 Å². The van der Waals surface area contributed by atoms with Gasteiger partial charge < -0.3 is 19.6 Å². The molecule has 0 amide bonds. The Hall–Kier alpha value is -2.95. The van der Waals surface area contributed by atoms with Crippen LogP contribution in [0.5, 0.6) is 11.5 Å². The van der Waals surface area contributed by atoms with Crippen molar-refractivity contribution >= 4 is 21.0 Å². The third kappa shape index (κ3) is 5.81. The zero-order chi connectivity index (χ0) is 22.6. The van der Waals surface area contributed by atoms with Gasteiger partial charge in [0.15, 0.2) is 11.5 Å². The third-order valence-electron chi connectivity index (χ3n) is 4.34. The summed E-state index contributed by atoms with van der Waals surface area (Å²) in [6.45, 7) is 5.38. The second kappa shape index (κ2) is 9.46. The van der Waals surface area contributed by atoms with Crippen molar-refractivity contribution in [1.29, 1.82) is 0 Å². The van der Waals surface area contributed by atoms with Crippen LogP contribution in [-0.2, 0) is 19.0 Å². The lowest BCUT2D eigenvalue weighted by atomic mass is 10.2. The lowest BCUT2D eigenvalue weighted by Gasteiger charge is -2.14. The van der Waals surface area contributed by atoms with Crippen LogP contribution in [0.1, 0.15) is 18.3 Å². The lowest BCUT2D eigenvalue weighted by molar-refractivity contribution is 0.0453. The molecule has 9 nitrogen and oxygen atoms in total. The van der Waals surface area contributed by atoms with Gasteiger partial charge in [-0.2, -0.15) is 8.42 Å². The molecule has 2 aromatic carbocycles. The minimum atomic E-state index is -3.87. The molecule has 1 heterocycles. The van der Waals surface area contributed by atoms with Crippen molar-refractivity contribution in [1.82, 2.24) is 9.97 Å². The fraction of sp³-hybridized carbons (Fsp3) is 0.333. The summed E-state index contributed by atoms with van der Waals surface area (Å²) >= 11 is 0. The number of phenols is 1. The molecular formula is C21H24N2O7S. The molecule has 0 spiro atoms. The molecule has 31 heavy (non-hydrogen) atoms. The predicted molar refractivity (Wildman–Crippen MR) is 114 cm³/mol. The molecular weight excluding hydrogens is 424 g/mol. The number of hydrogen-bond donors (Lipinski definition) is 2. The number of aromatic nitrogens is 2. The summed E-state index contributed by atoms with van der Waals surface area (Å²) in [5.74, 6) is 0.427. The van der Waals surface area contributed by atoms with Crippen LogP contribution in [0.25, 0.3) is 10.9 Å². The van der Waals surface area contributed by atoms with E-state index in [1.165, 1.54) is 24.3 Å². The van der Waals surface area contributed by atoms with Gasteiger partial charge in [-0.1, -0.05) is 17.7 Å². The van der Waals surface area contributed by atoms with Gasteiger partial charge in [-0.3, -0.25) is 8.98 Å². The van der Waals surface area contributed by atoms with Gasteiger partial charge in [-0.25, -0.2) is 4.98 Å². The molecule has 2 N–H and O–H groups in total. The summed E-state index contributed by atoms with van der Waals surface area (Å²) in [6, 6.07) is 9.15. The molecule has 0 bridgehead atoms. The van der Waals surface area contributed by atoms with Crippen molar-refractivity contribution in [2.24, 2.45) is 0 Å². The smallest absolute Gasteiger partial charge is 0.297 e. The van der Waals surface area contributed by atoms with Gasteiger partial charge in [0, 0.05) is 6.07 Å². The second-order valence-corrected chi connectivity index (χ2v) is 8.66. The number of aryl methyl sites for hydroxylation is 2. The molecule has 3 aromatic rings. The van der Waals surface area contributed by atoms with E-state index in [4.69, 9.17) is 13.7 Å². The van der Waals surface area contributed by atoms with E-state index in [0.29, 0.717) is 11.3 Å². The molecule has 0 unspecified atom stereocenters. The van der Waals surface area contributed by atoms with Gasteiger partial charge >= 0.3 is 0 Å². The number of fused-ring (bicyclic) bond motifs is 1. The van der Waals surface area contributed by atoms with Crippen molar-refractivity contribution in [2.45, 2.75) is 31.8 Å². The largest absolute Gasteiger partial charge is 0.504 e. The number of aromatic hydroxyl groups is 1. The fourth-order valence-electron chi connectivity index (χ4n) is 2.85. The molecule has 0 saturated heterocycles. The maximum atomic E-state index is 12.3. The Balaban J connectivity index is 1.49. The molecule has 0 aliphatic carbocycles. The second-order valence-electron chi connectivity index (χ2n) is 7.09. The van der Waals surface area contributed by atoms with E-state index < -0.39 is 16.2 Å². The minimum Gasteiger partial charge on any atom is -0.504 e. The van der Waals surface area contributed by atoms with Crippen LogP contribution in [0, 0.1) is 13.8 Å². The van der Waals surface area contributed by atoms with Crippen molar-refractivity contribution in [3.63, 3.8) is 0 Å². The summed E-state index contributed by atoms with van der Waals surface area (Å²) in [6.07, 6.45) is -0.695. The Morgan fingerprint density at radius 3 is 2.55 bits per heavy atom. The van der Waals surface area contributed by atoms with Crippen LogP contribution in [0.4, 0.5) is 0 Å². The number of H-pyrrole nitrogens is 1. The Morgan fingerprint density at radius 1 is 1.13 bits per heavy atom. The van der Waals surface area contributed by atoms with Crippen molar-refractivity contribution < 1.29 is 27.2 Å². The number of ether oxygens (including phenoxy) is 2. The number of nitrogens with zero attached hydrogens (tertiary/aromatic N) is 1. The summed E-state index contributed by atoms with van der Waals surface area (Å²) in [5, 5.41) is 10.3. The average Bonchev–Trinajstić information content (AvgIpc) is 2.68. The zero-order valence-corrected chi connectivity index (χ0v) is 18.2. The first-order valence-electron chi connectivity index (χ1n) is 9.60. The van der Waals surface area contributed by atoms with Gasteiger partial charge in [0.05, 0.1) is 35.1 Å². The maximum Gasteiger partial charge on any atom is 0.297 e. The number of aromatic amines is 1. The van der Waals surface area contributed by atoms with E-state index in [9.17, 15) is 18.3 Å². The Morgan fingerprint density at radius 2 is 1.84 bits per heavy atom. The SMILES string of the molecule is Cc1ccc(S(=O)(=O)O[C@@H](C)COCCOc2cc3nc(C)[nH]c(=O)c3cc2O)cc1. The highest BCUT2D eigenvalue weighted by Crippen LogP contribution is 2.29. The van der Waals surface area contributed by atoms with Crippen molar-refractivity contribution in [2.75, 3.05) is 19.8 Å². The predicted octanol–water partition coefficient (Wildman–Crippen LogP) is 2.43. The normalized spacial score (nSPS) is 12.7. The minimum absolute atomic E-state index is 0.0360. The lowest BCUT2D eigenvalue weighted by Crippen LogP contribution is -2.22. The molecule has 166 valence electrons. The topological polar surface area (TPSA) is 128 Å². The summed E-state index contributed by atoms with van der Waals surface area (Å²) in [7, 11) is -3.87. The van der Waals surface area contributed by atoms with E-state index in [0.717, 1.165) is 5.56 Å². The van der Waals surface area contributed by atoms with Crippen LogP contribution in [0.2, 0.25) is 0 Å². The summed E-state index contributed by atoms with van der Waals surface area (Å²) in [4.78, 5) is 18.8. The average molecular weight is 448 g/mol. The Labute approximate surface area is 179 Å². The first-order valence-corrected chi connectivity index (χ1v) is 11.0. The number of nitrogens with one attached hydrogen (secondary N) is 1. The molecule has 1 aromatic heterocycles. The van der Waals surface area contributed by atoms with Gasteiger partial charge in [-0.15, -0.1) is 0 Å². The summed E-state index contributed by atoms with van der Waals surface area (Å²) < 4.78 is 40.6. The zero-order valence-electron chi connectivity index (χ0n) is 17.4. The highest BCUT2D eigenvalue weighted by Gasteiger charge is 2.19. The van der Waals surface area contributed by atoms with E-state index in [-0.39, 0.29) is 47.2 Å².